The molecule has 1 heterocycles. The largest absolute Gasteiger partial charge is 0.435 e. The maximum absolute atomic E-state index is 13.6. The van der Waals surface area contributed by atoms with Crippen molar-refractivity contribution in [2.24, 2.45) is 0 Å². The van der Waals surface area contributed by atoms with Gasteiger partial charge in [0, 0.05) is 6.20 Å². The fraction of sp³-hybridized carbons (Fsp3) is 0.182. The second kappa shape index (κ2) is 4.41. The summed E-state index contributed by atoms with van der Waals surface area (Å²) < 4.78 is 51.4. The van der Waals surface area contributed by atoms with E-state index in [0.717, 1.165) is 23.0 Å². The molecule has 0 amide bonds. The van der Waals surface area contributed by atoms with Crippen LogP contribution >= 0.6 is 0 Å². The van der Waals surface area contributed by atoms with E-state index in [0.29, 0.717) is 5.56 Å². The van der Waals surface area contributed by atoms with Gasteiger partial charge >= 0.3 is 6.18 Å². The molecule has 18 heavy (non-hydrogen) atoms. The normalized spacial score (nSPS) is 11.8. The molecule has 1 aromatic carbocycles. The Morgan fingerprint density at radius 3 is 2.44 bits per heavy atom. The standard InChI is InChI=1S/C11H8F4N2O/c12-8-5-7(6-18)1-2-9(8)17-4-3-10(16-17)11(13,14)15/h1-5,18H,6H2. The molecule has 0 bridgehead atoms. The minimum atomic E-state index is -4.56. The minimum absolute atomic E-state index is 0.109. The van der Waals surface area contributed by atoms with E-state index in [1.54, 1.807) is 0 Å². The van der Waals surface area contributed by atoms with Crippen molar-refractivity contribution < 1.29 is 22.7 Å². The number of aliphatic hydroxyl groups is 1. The zero-order valence-corrected chi connectivity index (χ0v) is 8.95. The Balaban J connectivity index is 2.40. The molecular formula is C11H8F4N2O. The van der Waals surface area contributed by atoms with Crippen LogP contribution in [0.25, 0.3) is 5.69 Å². The second-order valence-corrected chi connectivity index (χ2v) is 3.59. The zero-order valence-electron chi connectivity index (χ0n) is 8.95. The number of hydrogen-bond acceptors (Lipinski definition) is 2. The van der Waals surface area contributed by atoms with Gasteiger partial charge in [-0.15, -0.1) is 0 Å². The number of hydrogen-bond donors (Lipinski definition) is 1. The van der Waals surface area contributed by atoms with Gasteiger partial charge in [0.2, 0.25) is 0 Å². The quantitative estimate of drug-likeness (QED) is 0.842. The van der Waals surface area contributed by atoms with Gasteiger partial charge in [-0.3, -0.25) is 0 Å². The molecule has 0 aliphatic rings. The number of benzene rings is 1. The van der Waals surface area contributed by atoms with Gasteiger partial charge in [0.15, 0.2) is 5.69 Å². The highest BCUT2D eigenvalue weighted by Gasteiger charge is 2.33. The van der Waals surface area contributed by atoms with Crippen molar-refractivity contribution in [2.45, 2.75) is 12.8 Å². The second-order valence-electron chi connectivity index (χ2n) is 3.59. The molecule has 7 heteroatoms. The number of aromatic nitrogens is 2. The number of alkyl halides is 3. The van der Waals surface area contributed by atoms with Gasteiger partial charge in [0.25, 0.3) is 0 Å². The lowest BCUT2D eigenvalue weighted by Gasteiger charge is -2.05. The van der Waals surface area contributed by atoms with E-state index >= 15 is 0 Å². The maximum atomic E-state index is 13.6. The van der Waals surface area contributed by atoms with Crippen LogP contribution in [0, 0.1) is 5.82 Å². The minimum Gasteiger partial charge on any atom is -0.392 e. The van der Waals surface area contributed by atoms with Crippen LogP contribution in [0.3, 0.4) is 0 Å². The highest BCUT2D eigenvalue weighted by Crippen LogP contribution is 2.28. The van der Waals surface area contributed by atoms with Crippen molar-refractivity contribution in [3.05, 3.63) is 47.5 Å². The van der Waals surface area contributed by atoms with Crippen LogP contribution in [-0.4, -0.2) is 14.9 Å². The Morgan fingerprint density at radius 1 is 1.22 bits per heavy atom. The summed E-state index contributed by atoms with van der Waals surface area (Å²) in [6.45, 7) is -0.343. The first-order valence-electron chi connectivity index (χ1n) is 4.94. The molecule has 0 spiro atoms. The summed E-state index contributed by atoms with van der Waals surface area (Å²) in [7, 11) is 0. The topological polar surface area (TPSA) is 38.0 Å². The molecule has 96 valence electrons. The van der Waals surface area contributed by atoms with Gasteiger partial charge in [0.1, 0.15) is 11.5 Å². The van der Waals surface area contributed by atoms with E-state index in [-0.39, 0.29) is 12.3 Å². The van der Waals surface area contributed by atoms with E-state index in [9.17, 15) is 17.6 Å². The highest BCUT2D eigenvalue weighted by atomic mass is 19.4. The van der Waals surface area contributed by atoms with E-state index in [1.165, 1.54) is 12.1 Å². The Hall–Kier alpha value is -1.89. The molecular weight excluding hydrogens is 252 g/mol. The fourth-order valence-electron chi connectivity index (χ4n) is 1.44. The SMILES string of the molecule is OCc1ccc(-n2ccc(C(F)(F)F)n2)c(F)c1. The number of rotatable bonds is 2. The van der Waals surface area contributed by atoms with Crippen molar-refractivity contribution in [2.75, 3.05) is 0 Å². The van der Waals surface area contributed by atoms with Crippen molar-refractivity contribution in [1.82, 2.24) is 9.78 Å². The molecule has 0 aliphatic heterocycles. The molecule has 3 nitrogen and oxygen atoms in total. The zero-order chi connectivity index (χ0) is 13.3. The van der Waals surface area contributed by atoms with Crippen molar-refractivity contribution in [3.8, 4) is 5.69 Å². The van der Waals surface area contributed by atoms with Crippen molar-refractivity contribution in [3.63, 3.8) is 0 Å². The Labute approximate surface area is 99.3 Å². The van der Waals surface area contributed by atoms with Gasteiger partial charge in [-0.05, 0) is 23.8 Å². The highest BCUT2D eigenvalue weighted by molar-refractivity contribution is 5.36. The predicted molar refractivity (Wildman–Crippen MR) is 54.4 cm³/mol. The lowest BCUT2D eigenvalue weighted by Crippen LogP contribution is -2.08. The number of nitrogens with zero attached hydrogens (tertiary/aromatic N) is 2. The molecule has 1 N–H and O–H groups in total. The van der Waals surface area contributed by atoms with Gasteiger partial charge in [-0.2, -0.15) is 18.3 Å². The third kappa shape index (κ3) is 2.35. The molecule has 2 aromatic rings. The Morgan fingerprint density at radius 2 is 1.94 bits per heavy atom. The molecule has 0 aliphatic carbocycles. The third-order valence-electron chi connectivity index (χ3n) is 2.32. The van der Waals surface area contributed by atoms with Crippen LogP contribution in [0.15, 0.2) is 30.5 Å². The first-order chi connectivity index (χ1) is 8.41. The van der Waals surface area contributed by atoms with E-state index < -0.39 is 17.7 Å². The lowest BCUT2D eigenvalue weighted by molar-refractivity contribution is -0.141. The number of aliphatic hydroxyl groups excluding tert-OH is 1. The summed E-state index contributed by atoms with van der Waals surface area (Å²) >= 11 is 0. The molecule has 0 unspecified atom stereocenters. The summed E-state index contributed by atoms with van der Waals surface area (Å²) in [6, 6.07) is 4.48. The van der Waals surface area contributed by atoms with Gasteiger partial charge in [-0.25, -0.2) is 9.07 Å². The van der Waals surface area contributed by atoms with Crippen LogP contribution in [0.2, 0.25) is 0 Å². The molecule has 0 saturated carbocycles. The van der Waals surface area contributed by atoms with Crippen LogP contribution in [-0.2, 0) is 12.8 Å². The Bertz CT molecular complexity index is 562. The first-order valence-corrected chi connectivity index (χ1v) is 4.94. The van der Waals surface area contributed by atoms with E-state index in [1.807, 2.05) is 0 Å². The summed E-state index contributed by atoms with van der Waals surface area (Å²) in [4.78, 5) is 0. The average molecular weight is 260 g/mol. The molecule has 0 fully saturated rings. The summed E-state index contributed by atoms with van der Waals surface area (Å²) in [5.74, 6) is -0.752. The number of halogens is 4. The van der Waals surface area contributed by atoms with Crippen molar-refractivity contribution >= 4 is 0 Å². The third-order valence-corrected chi connectivity index (χ3v) is 2.32. The molecule has 0 radical (unpaired) electrons. The molecule has 1 aromatic heterocycles. The van der Waals surface area contributed by atoms with Crippen molar-refractivity contribution in [1.29, 1.82) is 0 Å². The summed E-state index contributed by atoms with van der Waals surface area (Å²) in [5, 5.41) is 12.1. The van der Waals surface area contributed by atoms with Crippen LogP contribution in [0.4, 0.5) is 17.6 Å². The lowest BCUT2D eigenvalue weighted by atomic mass is 10.2. The predicted octanol–water partition coefficient (Wildman–Crippen LogP) is 2.52. The van der Waals surface area contributed by atoms with Crippen LogP contribution in [0.1, 0.15) is 11.3 Å². The van der Waals surface area contributed by atoms with E-state index in [4.69, 9.17) is 5.11 Å². The monoisotopic (exact) mass is 260 g/mol. The van der Waals surface area contributed by atoms with E-state index in [2.05, 4.69) is 5.10 Å². The molecule has 2 rings (SSSR count). The first kappa shape index (κ1) is 12.6. The Kier molecular flexibility index (Phi) is 3.08. The van der Waals surface area contributed by atoms with Gasteiger partial charge in [0.05, 0.1) is 6.61 Å². The summed E-state index contributed by atoms with van der Waals surface area (Å²) in [6.07, 6.45) is -3.54. The van der Waals surface area contributed by atoms with Crippen LogP contribution in [0.5, 0.6) is 0 Å². The fourth-order valence-corrected chi connectivity index (χ4v) is 1.44. The molecule has 0 saturated heterocycles. The maximum Gasteiger partial charge on any atom is 0.435 e. The van der Waals surface area contributed by atoms with Crippen LogP contribution < -0.4 is 0 Å². The van der Waals surface area contributed by atoms with Gasteiger partial charge < -0.3 is 5.11 Å². The van der Waals surface area contributed by atoms with Gasteiger partial charge in [-0.1, -0.05) is 6.07 Å². The summed E-state index contributed by atoms with van der Waals surface area (Å²) in [5.41, 5.74) is -0.865. The molecule has 0 atom stereocenters. The smallest absolute Gasteiger partial charge is 0.392 e. The average Bonchev–Trinajstić information content (AvgIpc) is 2.77.